The predicted octanol–water partition coefficient (Wildman–Crippen LogP) is 2.49. The van der Waals surface area contributed by atoms with Crippen LogP contribution in [-0.2, 0) is 0 Å². The summed E-state index contributed by atoms with van der Waals surface area (Å²) in [5.41, 5.74) is 0.388. The van der Waals surface area contributed by atoms with Gasteiger partial charge in [-0.25, -0.2) is 0 Å². The number of rotatable bonds is 5. The van der Waals surface area contributed by atoms with Crippen LogP contribution in [0.1, 0.15) is 40.4 Å². The Labute approximate surface area is 155 Å². The molecule has 0 saturated carbocycles. The summed E-state index contributed by atoms with van der Waals surface area (Å²) < 4.78 is 3.00. The molecule has 1 aliphatic heterocycles. The topological polar surface area (TPSA) is 79.2 Å². The van der Waals surface area contributed by atoms with E-state index in [1.54, 1.807) is 17.4 Å². The third-order valence-electron chi connectivity index (χ3n) is 4.71. The van der Waals surface area contributed by atoms with E-state index in [2.05, 4.69) is 15.7 Å². The van der Waals surface area contributed by atoms with Crippen molar-refractivity contribution in [2.75, 3.05) is 19.6 Å². The van der Waals surface area contributed by atoms with Gasteiger partial charge in [0.05, 0.1) is 6.04 Å². The summed E-state index contributed by atoms with van der Waals surface area (Å²) in [6.45, 7) is 2.09. The first-order chi connectivity index (χ1) is 12.7. The highest BCUT2D eigenvalue weighted by Gasteiger charge is 2.19. The Morgan fingerprint density at radius 1 is 1.42 bits per heavy atom. The number of aliphatic hydroxyl groups excluding tert-OH is 1. The molecule has 1 amide bonds. The van der Waals surface area contributed by atoms with Crippen LogP contribution in [-0.4, -0.2) is 40.4 Å². The molecular weight excluding hydrogens is 348 g/mol. The Balaban J connectivity index is 1.36. The first-order valence-corrected chi connectivity index (χ1v) is 9.73. The zero-order valence-corrected chi connectivity index (χ0v) is 15.2. The minimum absolute atomic E-state index is 0.170. The van der Waals surface area contributed by atoms with E-state index in [0.717, 1.165) is 40.9 Å². The number of hydrogen-bond donors (Lipinski definition) is 3. The zero-order chi connectivity index (χ0) is 17.9. The molecule has 26 heavy (non-hydrogen) atoms. The monoisotopic (exact) mass is 370 g/mol. The fourth-order valence-corrected chi connectivity index (χ4v) is 4.32. The Hall–Kier alpha value is -2.22. The number of aliphatic hydroxyl groups is 1. The number of fused-ring (bicyclic) bond motifs is 1. The molecule has 1 aliphatic rings. The largest absolute Gasteiger partial charge is 0.386 e. The second kappa shape index (κ2) is 7.57. The molecule has 1 fully saturated rings. The van der Waals surface area contributed by atoms with Gasteiger partial charge in [-0.2, -0.15) is 5.10 Å². The van der Waals surface area contributed by atoms with E-state index in [1.807, 2.05) is 41.2 Å². The molecular formula is C19H22N4O2S. The standard InChI is InChI=1S/C19H22N4O2S/c24-16(18-10-13-4-1-2-6-17(13)26-18)12-21-19(25)15-7-9-23(22-15)14-5-3-8-20-11-14/h1-2,4,6-7,9-10,14,16,20,24H,3,5,8,11-12H2,(H,21,25). The van der Waals surface area contributed by atoms with E-state index in [0.29, 0.717) is 11.7 Å². The summed E-state index contributed by atoms with van der Waals surface area (Å²) in [4.78, 5) is 13.2. The van der Waals surface area contributed by atoms with Gasteiger partial charge < -0.3 is 15.7 Å². The quantitative estimate of drug-likeness (QED) is 0.645. The summed E-state index contributed by atoms with van der Waals surface area (Å²) >= 11 is 1.55. The highest BCUT2D eigenvalue weighted by atomic mass is 32.1. The Bertz CT molecular complexity index is 865. The summed E-state index contributed by atoms with van der Waals surface area (Å²) in [6, 6.07) is 12.0. The van der Waals surface area contributed by atoms with Crippen LogP contribution in [0.3, 0.4) is 0 Å². The lowest BCUT2D eigenvalue weighted by atomic mass is 10.1. The molecule has 0 radical (unpaired) electrons. The highest BCUT2D eigenvalue weighted by molar-refractivity contribution is 7.19. The normalized spacial score (nSPS) is 18.7. The van der Waals surface area contributed by atoms with Gasteiger partial charge in [-0.3, -0.25) is 9.48 Å². The van der Waals surface area contributed by atoms with Gasteiger partial charge in [0.2, 0.25) is 0 Å². The van der Waals surface area contributed by atoms with Crippen molar-refractivity contribution in [3.8, 4) is 0 Å². The summed E-state index contributed by atoms with van der Waals surface area (Å²) in [5, 5.41) is 22.0. The molecule has 3 N–H and O–H groups in total. The van der Waals surface area contributed by atoms with E-state index in [-0.39, 0.29) is 12.5 Å². The van der Waals surface area contributed by atoms with E-state index in [1.165, 1.54) is 0 Å². The average molecular weight is 370 g/mol. The number of piperidine rings is 1. The number of nitrogens with one attached hydrogen (secondary N) is 2. The van der Waals surface area contributed by atoms with Crippen molar-refractivity contribution in [2.24, 2.45) is 0 Å². The Morgan fingerprint density at radius 3 is 3.12 bits per heavy atom. The van der Waals surface area contributed by atoms with Gasteiger partial charge in [-0.05, 0) is 43.0 Å². The molecule has 2 aromatic heterocycles. The highest BCUT2D eigenvalue weighted by Crippen LogP contribution is 2.29. The van der Waals surface area contributed by atoms with E-state index in [9.17, 15) is 9.90 Å². The van der Waals surface area contributed by atoms with Crippen molar-refractivity contribution < 1.29 is 9.90 Å². The number of hydrogen-bond acceptors (Lipinski definition) is 5. The van der Waals surface area contributed by atoms with Crippen molar-refractivity contribution in [1.29, 1.82) is 0 Å². The van der Waals surface area contributed by atoms with Crippen LogP contribution >= 0.6 is 11.3 Å². The Kier molecular flexibility index (Phi) is 5.01. The molecule has 3 heterocycles. The van der Waals surface area contributed by atoms with Gasteiger partial charge in [0, 0.05) is 28.9 Å². The number of carbonyl (C=O) groups excluding carboxylic acids is 1. The number of nitrogens with zero attached hydrogens (tertiary/aromatic N) is 2. The third-order valence-corrected chi connectivity index (χ3v) is 5.93. The fraction of sp³-hybridized carbons (Fsp3) is 0.368. The molecule has 1 aromatic carbocycles. The molecule has 3 aromatic rings. The van der Waals surface area contributed by atoms with Crippen molar-refractivity contribution in [1.82, 2.24) is 20.4 Å². The van der Waals surface area contributed by atoms with Gasteiger partial charge in [0.25, 0.3) is 5.91 Å². The summed E-state index contributed by atoms with van der Waals surface area (Å²) in [7, 11) is 0. The molecule has 4 rings (SSSR count). The molecule has 2 unspecified atom stereocenters. The molecule has 1 saturated heterocycles. The number of thiophene rings is 1. The maximum absolute atomic E-state index is 12.3. The van der Waals surface area contributed by atoms with Crippen LogP contribution in [0.2, 0.25) is 0 Å². The minimum Gasteiger partial charge on any atom is -0.386 e. The zero-order valence-electron chi connectivity index (χ0n) is 14.4. The lowest BCUT2D eigenvalue weighted by Gasteiger charge is -2.22. The number of carbonyl (C=O) groups is 1. The van der Waals surface area contributed by atoms with Crippen molar-refractivity contribution in [3.05, 3.63) is 53.2 Å². The molecule has 7 heteroatoms. The smallest absolute Gasteiger partial charge is 0.271 e. The summed E-state index contributed by atoms with van der Waals surface area (Å²) in [6.07, 6.45) is 3.32. The first-order valence-electron chi connectivity index (χ1n) is 8.91. The molecule has 0 bridgehead atoms. The van der Waals surface area contributed by atoms with Crippen LogP contribution in [0.15, 0.2) is 42.6 Å². The van der Waals surface area contributed by atoms with Crippen LogP contribution in [0.4, 0.5) is 0 Å². The molecule has 6 nitrogen and oxygen atoms in total. The van der Waals surface area contributed by atoms with Gasteiger partial charge >= 0.3 is 0 Å². The molecule has 0 aliphatic carbocycles. The maximum Gasteiger partial charge on any atom is 0.271 e. The predicted molar refractivity (Wildman–Crippen MR) is 102 cm³/mol. The van der Waals surface area contributed by atoms with Crippen LogP contribution < -0.4 is 10.6 Å². The maximum atomic E-state index is 12.3. The van der Waals surface area contributed by atoms with Gasteiger partial charge in [0.15, 0.2) is 0 Å². The van der Waals surface area contributed by atoms with Crippen molar-refractivity contribution in [3.63, 3.8) is 0 Å². The van der Waals surface area contributed by atoms with Gasteiger partial charge in [0.1, 0.15) is 11.8 Å². The van der Waals surface area contributed by atoms with Gasteiger partial charge in [-0.1, -0.05) is 18.2 Å². The van der Waals surface area contributed by atoms with Crippen LogP contribution in [0, 0.1) is 0 Å². The second-order valence-electron chi connectivity index (χ2n) is 6.59. The third kappa shape index (κ3) is 3.65. The lowest BCUT2D eigenvalue weighted by molar-refractivity contribution is 0.0911. The van der Waals surface area contributed by atoms with Crippen LogP contribution in [0.25, 0.3) is 10.1 Å². The first kappa shape index (κ1) is 17.2. The summed E-state index contributed by atoms with van der Waals surface area (Å²) in [5.74, 6) is -0.257. The number of amides is 1. The second-order valence-corrected chi connectivity index (χ2v) is 7.71. The lowest BCUT2D eigenvalue weighted by Crippen LogP contribution is -2.32. The van der Waals surface area contributed by atoms with E-state index < -0.39 is 6.10 Å². The minimum atomic E-state index is -0.721. The van der Waals surface area contributed by atoms with E-state index >= 15 is 0 Å². The molecule has 0 spiro atoms. The van der Waals surface area contributed by atoms with Crippen LogP contribution in [0.5, 0.6) is 0 Å². The SMILES string of the molecule is O=C(NCC(O)c1cc2ccccc2s1)c1ccn(C2CCCNC2)n1. The average Bonchev–Trinajstić information content (AvgIpc) is 3.33. The van der Waals surface area contributed by atoms with Crippen molar-refractivity contribution >= 4 is 27.3 Å². The molecule has 136 valence electrons. The van der Waals surface area contributed by atoms with E-state index in [4.69, 9.17) is 0 Å². The van der Waals surface area contributed by atoms with Gasteiger partial charge in [-0.15, -0.1) is 11.3 Å². The number of benzene rings is 1. The number of aromatic nitrogens is 2. The molecule has 2 atom stereocenters. The Morgan fingerprint density at radius 2 is 2.31 bits per heavy atom. The fourth-order valence-electron chi connectivity index (χ4n) is 3.27. The van der Waals surface area contributed by atoms with Crippen molar-refractivity contribution in [2.45, 2.75) is 25.0 Å².